The monoisotopic (exact) mass is 445 g/mol. The molecule has 1 heterocycles. The standard InChI is InChI=1S/C17H15BrF3N3O3/c1-10-5-3-4-6-12(10)14(25)24-16(15(26)27-2,17(19,20)21)23-13-8-7-11(18)9-22-13/h3-9H,1-2H3,(H,22,23)(H,24,25)/t16-/m0/s1. The molecule has 1 aromatic heterocycles. The van der Waals surface area contributed by atoms with Crippen LogP contribution in [0.5, 0.6) is 0 Å². The zero-order chi connectivity index (χ0) is 20.2. The Morgan fingerprint density at radius 1 is 1.15 bits per heavy atom. The summed E-state index contributed by atoms with van der Waals surface area (Å²) >= 11 is 3.11. The van der Waals surface area contributed by atoms with Gasteiger partial charge in [-0.05, 0) is 46.6 Å². The maximum Gasteiger partial charge on any atom is 0.441 e. The fraction of sp³-hybridized carbons (Fsp3) is 0.235. The van der Waals surface area contributed by atoms with E-state index in [2.05, 4.69) is 25.7 Å². The number of hydrogen-bond donors (Lipinski definition) is 2. The third-order valence-corrected chi connectivity index (χ3v) is 4.12. The van der Waals surface area contributed by atoms with Gasteiger partial charge in [0.1, 0.15) is 5.82 Å². The number of amides is 1. The van der Waals surface area contributed by atoms with E-state index in [1.54, 1.807) is 24.4 Å². The molecule has 0 fully saturated rings. The molecule has 1 atom stereocenters. The molecule has 2 N–H and O–H groups in total. The Labute approximate surface area is 161 Å². The van der Waals surface area contributed by atoms with Gasteiger partial charge >= 0.3 is 17.8 Å². The lowest BCUT2D eigenvalue weighted by atomic mass is 10.1. The maximum atomic E-state index is 13.9. The van der Waals surface area contributed by atoms with Crippen LogP contribution in [0, 0.1) is 6.92 Å². The van der Waals surface area contributed by atoms with Gasteiger partial charge in [-0.15, -0.1) is 0 Å². The summed E-state index contributed by atoms with van der Waals surface area (Å²) in [5, 5.41) is 3.71. The molecule has 2 rings (SSSR count). The number of alkyl halides is 3. The van der Waals surface area contributed by atoms with E-state index in [0.29, 0.717) is 10.0 Å². The van der Waals surface area contributed by atoms with Crippen molar-refractivity contribution in [1.29, 1.82) is 0 Å². The molecular formula is C17H15BrF3N3O3. The van der Waals surface area contributed by atoms with E-state index in [4.69, 9.17) is 0 Å². The number of nitrogens with zero attached hydrogens (tertiary/aromatic N) is 1. The molecule has 2 aromatic rings. The molecule has 0 spiro atoms. The quantitative estimate of drug-likeness (QED) is 0.544. The van der Waals surface area contributed by atoms with Crippen LogP contribution in [0.2, 0.25) is 0 Å². The van der Waals surface area contributed by atoms with E-state index in [0.717, 1.165) is 7.11 Å². The molecule has 10 heteroatoms. The first-order valence-corrected chi connectivity index (χ1v) is 8.33. The molecule has 0 aliphatic heterocycles. The zero-order valence-electron chi connectivity index (χ0n) is 14.2. The number of pyridine rings is 1. The Balaban J connectivity index is 2.50. The topological polar surface area (TPSA) is 80.3 Å². The van der Waals surface area contributed by atoms with Gasteiger partial charge in [0, 0.05) is 16.2 Å². The number of aromatic nitrogens is 1. The molecule has 0 bridgehead atoms. The van der Waals surface area contributed by atoms with Crippen molar-refractivity contribution in [2.45, 2.75) is 18.8 Å². The normalized spacial score (nSPS) is 13.4. The fourth-order valence-corrected chi connectivity index (χ4v) is 2.49. The van der Waals surface area contributed by atoms with E-state index in [1.807, 2.05) is 5.32 Å². The minimum atomic E-state index is -5.23. The average Bonchev–Trinajstić information content (AvgIpc) is 2.61. The molecule has 0 saturated heterocycles. The van der Waals surface area contributed by atoms with Gasteiger partial charge in [0.25, 0.3) is 5.91 Å². The molecule has 144 valence electrons. The third-order valence-electron chi connectivity index (χ3n) is 3.65. The van der Waals surface area contributed by atoms with Crippen molar-refractivity contribution in [3.05, 3.63) is 58.2 Å². The van der Waals surface area contributed by atoms with Crippen LogP contribution in [-0.2, 0) is 9.53 Å². The lowest BCUT2D eigenvalue weighted by molar-refractivity contribution is -0.203. The number of anilines is 1. The Kier molecular flexibility index (Phi) is 6.09. The third kappa shape index (κ3) is 4.38. The van der Waals surface area contributed by atoms with Crippen LogP contribution in [-0.4, -0.2) is 35.8 Å². The Bertz CT molecular complexity index is 843. The lowest BCUT2D eigenvalue weighted by Crippen LogP contribution is -2.69. The van der Waals surface area contributed by atoms with Crippen LogP contribution < -0.4 is 10.6 Å². The van der Waals surface area contributed by atoms with E-state index >= 15 is 0 Å². The predicted molar refractivity (Wildman–Crippen MR) is 95.0 cm³/mol. The highest BCUT2D eigenvalue weighted by Crippen LogP contribution is 2.33. The summed E-state index contributed by atoms with van der Waals surface area (Å²) in [5.41, 5.74) is -3.10. The van der Waals surface area contributed by atoms with Crippen LogP contribution in [0.3, 0.4) is 0 Å². The number of halogens is 4. The van der Waals surface area contributed by atoms with Crippen LogP contribution >= 0.6 is 15.9 Å². The van der Waals surface area contributed by atoms with Gasteiger partial charge < -0.3 is 15.4 Å². The molecule has 6 nitrogen and oxygen atoms in total. The molecule has 0 unspecified atom stereocenters. The van der Waals surface area contributed by atoms with Crippen molar-refractivity contribution in [3.63, 3.8) is 0 Å². The number of methoxy groups -OCH3 is 1. The first kappa shape index (κ1) is 20.7. The largest absolute Gasteiger partial charge is 0.466 e. The smallest absolute Gasteiger partial charge is 0.441 e. The highest BCUT2D eigenvalue weighted by Gasteiger charge is 2.63. The number of ether oxygens (including phenoxy) is 1. The molecule has 0 aliphatic carbocycles. The first-order valence-electron chi connectivity index (χ1n) is 7.54. The van der Waals surface area contributed by atoms with Crippen molar-refractivity contribution in [2.75, 3.05) is 12.4 Å². The second-order valence-electron chi connectivity index (χ2n) is 5.50. The summed E-state index contributed by atoms with van der Waals surface area (Å²) < 4.78 is 46.7. The molecular weight excluding hydrogens is 431 g/mol. The highest BCUT2D eigenvalue weighted by molar-refractivity contribution is 9.10. The predicted octanol–water partition coefficient (Wildman–Crippen LogP) is 3.43. The Morgan fingerprint density at radius 2 is 1.81 bits per heavy atom. The number of rotatable bonds is 5. The summed E-state index contributed by atoms with van der Waals surface area (Å²) in [7, 11) is 0.791. The molecule has 0 saturated carbocycles. The Morgan fingerprint density at radius 3 is 2.33 bits per heavy atom. The van der Waals surface area contributed by atoms with E-state index in [9.17, 15) is 22.8 Å². The number of aryl methyl sites for hydroxylation is 1. The average molecular weight is 446 g/mol. The number of nitrogens with one attached hydrogen (secondary N) is 2. The molecule has 1 aromatic carbocycles. The number of hydrogen-bond acceptors (Lipinski definition) is 5. The Hall–Kier alpha value is -2.62. The van der Waals surface area contributed by atoms with Crippen molar-refractivity contribution in [2.24, 2.45) is 0 Å². The first-order chi connectivity index (χ1) is 12.6. The summed E-state index contributed by atoms with van der Waals surface area (Å²) in [4.78, 5) is 28.4. The SMILES string of the molecule is COC(=O)[C@@](NC(=O)c1ccccc1C)(Nc1ccc(Br)cn1)C(F)(F)F. The van der Waals surface area contributed by atoms with Crippen LogP contribution in [0.1, 0.15) is 15.9 Å². The fourth-order valence-electron chi connectivity index (χ4n) is 2.25. The number of carbonyl (C=O) groups is 2. The van der Waals surface area contributed by atoms with Gasteiger partial charge in [0.15, 0.2) is 0 Å². The lowest BCUT2D eigenvalue weighted by Gasteiger charge is -2.34. The summed E-state index contributed by atoms with van der Waals surface area (Å²) in [5.74, 6) is -3.12. The minimum absolute atomic E-state index is 0.0133. The van der Waals surface area contributed by atoms with Crippen molar-refractivity contribution in [3.8, 4) is 0 Å². The summed E-state index contributed by atoms with van der Waals surface area (Å²) in [6, 6.07) is 8.68. The van der Waals surface area contributed by atoms with Crippen molar-refractivity contribution >= 4 is 33.6 Å². The van der Waals surface area contributed by atoms with Crippen LogP contribution in [0.15, 0.2) is 47.1 Å². The number of benzene rings is 1. The number of esters is 1. The minimum Gasteiger partial charge on any atom is -0.466 e. The van der Waals surface area contributed by atoms with E-state index < -0.39 is 23.7 Å². The second-order valence-corrected chi connectivity index (χ2v) is 6.41. The molecule has 1 amide bonds. The molecule has 0 radical (unpaired) electrons. The zero-order valence-corrected chi connectivity index (χ0v) is 15.8. The maximum absolute atomic E-state index is 13.9. The molecule has 27 heavy (non-hydrogen) atoms. The van der Waals surface area contributed by atoms with Crippen LogP contribution in [0.4, 0.5) is 19.0 Å². The van der Waals surface area contributed by atoms with Gasteiger partial charge in [-0.1, -0.05) is 18.2 Å². The molecule has 0 aliphatic rings. The van der Waals surface area contributed by atoms with Gasteiger partial charge in [0.05, 0.1) is 7.11 Å². The van der Waals surface area contributed by atoms with Gasteiger partial charge in [-0.2, -0.15) is 13.2 Å². The van der Waals surface area contributed by atoms with Gasteiger partial charge in [-0.3, -0.25) is 4.79 Å². The van der Waals surface area contributed by atoms with Crippen LogP contribution in [0.25, 0.3) is 0 Å². The van der Waals surface area contributed by atoms with Crippen molar-refractivity contribution in [1.82, 2.24) is 10.3 Å². The second kappa shape index (κ2) is 7.95. The number of carbonyl (C=O) groups excluding carboxylic acids is 2. The summed E-state index contributed by atoms with van der Waals surface area (Å²) in [6.45, 7) is 1.56. The van der Waals surface area contributed by atoms with Crippen molar-refractivity contribution < 1.29 is 27.5 Å². The van der Waals surface area contributed by atoms with E-state index in [1.165, 1.54) is 30.5 Å². The van der Waals surface area contributed by atoms with E-state index in [-0.39, 0.29) is 11.4 Å². The highest BCUT2D eigenvalue weighted by atomic mass is 79.9. The summed E-state index contributed by atoms with van der Waals surface area (Å²) in [6.07, 6.45) is -3.99. The van der Waals surface area contributed by atoms with Gasteiger partial charge in [0.2, 0.25) is 0 Å². The van der Waals surface area contributed by atoms with Gasteiger partial charge in [-0.25, -0.2) is 9.78 Å².